The third-order valence-electron chi connectivity index (χ3n) is 3.31. The van der Waals surface area contributed by atoms with Crippen molar-refractivity contribution in [3.05, 3.63) is 42.0 Å². The maximum Gasteiger partial charge on any atom is 0.337 e. The van der Waals surface area contributed by atoms with Crippen LogP contribution >= 0.6 is 0 Å². The van der Waals surface area contributed by atoms with E-state index in [0.717, 1.165) is 17.2 Å². The lowest BCUT2D eigenvalue weighted by Crippen LogP contribution is -2.35. The van der Waals surface area contributed by atoms with Crippen LogP contribution in [-0.4, -0.2) is 23.0 Å². The number of anilines is 1. The monoisotopic (exact) mass is 286 g/mol. The molecule has 0 aromatic heterocycles. The van der Waals surface area contributed by atoms with Gasteiger partial charge in [0.15, 0.2) is 0 Å². The van der Waals surface area contributed by atoms with Crippen molar-refractivity contribution in [2.45, 2.75) is 25.8 Å². The molecule has 0 spiro atoms. The molecule has 0 fully saturated rings. The molecule has 2 rings (SSSR count). The average Bonchev–Trinajstić information content (AvgIpc) is 2.46. The van der Waals surface area contributed by atoms with Crippen LogP contribution in [0.25, 0.3) is 10.8 Å². The van der Waals surface area contributed by atoms with Crippen LogP contribution in [0.5, 0.6) is 0 Å². The van der Waals surface area contributed by atoms with E-state index in [0.29, 0.717) is 6.42 Å². The number of fused-ring (bicyclic) bond motifs is 1. The van der Waals surface area contributed by atoms with Crippen molar-refractivity contribution in [1.82, 2.24) is 0 Å². The van der Waals surface area contributed by atoms with Gasteiger partial charge in [0.05, 0.1) is 17.3 Å². The van der Waals surface area contributed by atoms with Gasteiger partial charge < -0.3 is 16.2 Å². The molecular weight excluding hydrogens is 268 g/mol. The van der Waals surface area contributed by atoms with Gasteiger partial charge in [0.1, 0.15) is 0 Å². The lowest BCUT2D eigenvalue weighted by molar-refractivity contribution is -0.117. The van der Waals surface area contributed by atoms with Gasteiger partial charge in [-0.1, -0.05) is 37.6 Å². The third-order valence-corrected chi connectivity index (χ3v) is 3.31. The van der Waals surface area contributed by atoms with Crippen molar-refractivity contribution in [3.8, 4) is 0 Å². The number of nitrogens with two attached hydrogens (primary N) is 1. The van der Waals surface area contributed by atoms with E-state index < -0.39 is 12.0 Å². The highest BCUT2D eigenvalue weighted by Gasteiger charge is 2.17. The Morgan fingerprint density at radius 3 is 2.43 bits per heavy atom. The van der Waals surface area contributed by atoms with Crippen molar-refractivity contribution >= 4 is 28.3 Å². The number of rotatable bonds is 5. The lowest BCUT2D eigenvalue weighted by atomic mass is 10.0. The van der Waals surface area contributed by atoms with Crippen molar-refractivity contribution in [2.75, 3.05) is 5.32 Å². The molecule has 2 aromatic rings. The number of hydrogen-bond acceptors (Lipinski definition) is 3. The topological polar surface area (TPSA) is 92.4 Å². The largest absolute Gasteiger partial charge is 0.478 e. The molecule has 1 atom stereocenters. The van der Waals surface area contributed by atoms with Gasteiger partial charge in [-0.15, -0.1) is 0 Å². The first-order valence-corrected chi connectivity index (χ1v) is 6.85. The van der Waals surface area contributed by atoms with Gasteiger partial charge in [-0.25, -0.2) is 4.79 Å². The summed E-state index contributed by atoms with van der Waals surface area (Å²) in [5.74, 6) is -1.45. The quantitative estimate of drug-likeness (QED) is 0.787. The summed E-state index contributed by atoms with van der Waals surface area (Å²) >= 11 is 0. The van der Waals surface area contributed by atoms with Crippen LogP contribution in [0.4, 0.5) is 5.69 Å². The Morgan fingerprint density at radius 2 is 1.86 bits per heavy atom. The highest BCUT2D eigenvalue weighted by atomic mass is 16.4. The second-order valence-corrected chi connectivity index (χ2v) is 4.93. The zero-order valence-electron chi connectivity index (χ0n) is 11.8. The minimum atomic E-state index is -1.08. The Kier molecular flexibility index (Phi) is 4.55. The van der Waals surface area contributed by atoms with Gasteiger partial charge in [0.2, 0.25) is 5.91 Å². The minimum Gasteiger partial charge on any atom is -0.478 e. The molecule has 0 saturated carbocycles. The van der Waals surface area contributed by atoms with Gasteiger partial charge in [-0.2, -0.15) is 0 Å². The summed E-state index contributed by atoms with van der Waals surface area (Å²) in [7, 11) is 0. The predicted molar refractivity (Wildman–Crippen MR) is 82.4 cm³/mol. The average molecular weight is 286 g/mol. The molecule has 1 amide bonds. The summed E-state index contributed by atoms with van der Waals surface area (Å²) in [5, 5.41) is 13.6. The fraction of sp³-hybridized carbons (Fsp3) is 0.250. The maximum atomic E-state index is 12.0. The van der Waals surface area contributed by atoms with Gasteiger partial charge in [-0.3, -0.25) is 4.79 Å². The molecule has 0 radical (unpaired) electrons. The van der Waals surface area contributed by atoms with Crippen LogP contribution in [0.15, 0.2) is 36.4 Å². The molecule has 5 heteroatoms. The SMILES string of the molecule is CCC[C@@H](N)C(=O)Nc1cc2ccccc2cc1C(=O)O. The van der Waals surface area contributed by atoms with E-state index in [4.69, 9.17) is 5.73 Å². The summed E-state index contributed by atoms with van der Waals surface area (Å²) in [5.41, 5.74) is 6.09. The molecule has 5 nitrogen and oxygen atoms in total. The van der Waals surface area contributed by atoms with Crippen LogP contribution in [-0.2, 0) is 4.79 Å². The molecule has 110 valence electrons. The zero-order valence-corrected chi connectivity index (χ0v) is 11.8. The molecule has 0 aliphatic heterocycles. The Bertz CT molecular complexity index is 682. The maximum absolute atomic E-state index is 12.0. The first-order valence-electron chi connectivity index (χ1n) is 6.85. The zero-order chi connectivity index (χ0) is 15.4. The second-order valence-electron chi connectivity index (χ2n) is 4.93. The Balaban J connectivity index is 2.39. The number of carboxylic acid groups (broad SMARTS) is 1. The molecule has 4 N–H and O–H groups in total. The normalized spacial score (nSPS) is 12.1. The molecule has 0 saturated heterocycles. The van der Waals surface area contributed by atoms with Crippen LogP contribution < -0.4 is 11.1 Å². The number of hydrogen-bond donors (Lipinski definition) is 3. The second kappa shape index (κ2) is 6.37. The summed E-state index contributed by atoms with van der Waals surface area (Å²) < 4.78 is 0. The van der Waals surface area contributed by atoms with Crippen molar-refractivity contribution in [2.24, 2.45) is 5.73 Å². The van der Waals surface area contributed by atoms with E-state index in [1.807, 2.05) is 31.2 Å². The highest BCUT2D eigenvalue weighted by Crippen LogP contribution is 2.24. The van der Waals surface area contributed by atoms with Gasteiger partial charge in [0.25, 0.3) is 0 Å². The number of amides is 1. The van der Waals surface area contributed by atoms with Gasteiger partial charge in [0, 0.05) is 0 Å². The highest BCUT2D eigenvalue weighted by molar-refractivity contribution is 6.06. The number of carbonyl (C=O) groups is 2. The van der Waals surface area contributed by atoms with Crippen molar-refractivity contribution in [1.29, 1.82) is 0 Å². The van der Waals surface area contributed by atoms with E-state index in [9.17, 15) is 14.7 Å². The third kappa shape index (κ3) is 3.38. The molecule has 0 aliphatic rings. The number of benzene rings is 2. The molecule has 21 heavy (non-hydrogen) atoms. The Hall–Kier alpha value is -2.40. The smallest absolute Gasteiger partial charge is 0.337 e. The summed E-state index contributed by atoms with van der Waals surface area (Å²) in [4.78, 5) is 23.3. The number of aromatic carboxylic acids is 1. The van der Waals surface area contributed by atoms with Crippen LogP contribution in [0.2, 0.25) is 0 Å². The predicted octanol–water partition coefficient (Wildman–Crippen LogP) is 2.60. The van der Waals surface area contributed by atoms with Crippen molar-refractivity contribution < 1.29 is 14.7 Å². The molecular formula is C16H18N2O3. The first kappa shape index (κ1) is 15.0. The summed E-state index contributed by atoms with van der Waals surface area (Å²) in [6.45, 7) is 1.94. The van der Waals surface area contributed by atoms with E-state index in [-0.39, 0.29) is 17.2 Å². The van der Waals surface area contributed by atoms with Crippen molar-refractivity contribution in [3.63, 3.8) is 0 Å². The Morgan fingerprint density at radius 1 is 1.24 bits per heavy atom. The van der Waals surface area contributed by atoms with Crippen LogP contribution in [0.3, 0.4) is 0 Å². The molecule has 2 aromatic carbocycles. The summed E-state index contributed by atoms with van der Waals surface area (Å²) in [6.07, 6.45) is 1.35. The minimum absolute atomic E-state index is 0.0609. The standard InChI is InChI=1S/C16H18N2O3/c1-2-5-13(17)15(19)18-14-9-11-7-4-3-6-10(11)8-12(14)16(20)21/h3-4,6-9,13H,2,5,17H2,1H3,(H,18,19)(H,20,21)/t13-/m1/s1. The van der Waals surface area contributed by atoms with E-state index in [1.165, 1.54) is 0 Å². The fourth-order valence-corrected chi connectivity index (χ4v) is 2.19. The molecule has 0 aliphatic carbocycles. The van der Waals surface area contributed by atoms with Gasteiger partial charge >= 0.3 is 5.97 Å². The van der Waals surface area contributed by atoms with Crippen LogP contribution in [0.1, 0.15) is 30.1 Å². The molecule has 0 heterocycles. The lowest BCUT2D eigenvalue weighted by Gasteiger charge is -2.14. The molecule has 0 unspecified atom stereocenters. The fourth-order valence-electron chi connectivity index (χ4n) is 2.19. The van der Waals surface area contributed by atoms with E-state index >= 15 is 0 Å². The number of carboxylic acids is 1. The van der Waals surface area contributed by atoms with E-state index in [1.54, 1.807) is 12.1 Å². The Labute approximate surface area is 122 Å². The van der Waals surface area contributed by atoms with Crippen LogP contribution in [0, 0.1) is 0 Å². The summed E-state index contributed by atoms with van der Waals surface area (Å²) in [6, 6.07) is 9.97. The molecule has 0 bridgehead atoms. The van der Waals surface area contributed by atoms with E-state index in [2.05, 4.69) is 5.32 Å². The number of nitrogens with one attached hydrogen (secondary N) is 1. The number of carbonyl (C=O) groups excluding carboxylic acids is 1. The van der Waals surface area contributed by atoms with Gasteiger partial charge in [-0.05, 0) is 29.3 Å². The first-order chi connectivity index (χ1) is 10.0.